The van der Waals surface area contributed by atoms with E-state index in [1.165, 1.54) is 0 Å². The predicted octanol–water partition coefficient (Wildman–Crippen LogP) is 0.997. The van der Waals surface area contributed by atoms with Crippen molar-refractivity contribution in [1.82, 2.24) is 10.2 Å². The topological polar surface area (TPSA) is 32.3 Å². The maximum atomic E-state index is 12.2. The Morgan fingerprint density at radius 2 is 1.93 bits per heavy atom. The van der Waals surface area contributed by atoms with Crippen LogP contribution in [0.5, 0.6) is 0 Å². The van der Waals surface area contributed by atoms with E-state index in [0.29, 0.717) is 11.9 Å². The van der Waals surface area contributed by atoms with Crippen molar-refractivity contribution in [1.29, 1.82) is 0 Å². The number of hydrogen-bond acceptors (Lipinski definition) is 2. The molecule has 2 aliphatic rings. The molecule has 2 heterocycles. The standard InChI is InChI=1S/C11H20N2O/c1-9(2)13-8-5-11(10(13)14)3-6-12-7-4-11/h9,12H,3-8H2,1-2H3. The van der Waals surface area contributed by atoms with E-state index in [-0.39, 0.29) is 5.41 Å². The first kappa shape index (κ1) is 9.97. The molecular weight excluding hydrogens is 176 g/mol. The highest BCUT2D eigenvalue weighted by atomic mass is 16.2. The van der Waals surface area contributed by atoms with Gasteiger partial charge < -0.3 is 10.2 Å². The van der Waals surface area contributed by atoms with Gasteiger partial charge in [0.25, 0.3) is 0 Å². The first-order chi connectivity index (χ1) is 6.66. The number of carbonyl (C=O) groups is 1. The van der Waals surface area contributed by atoms with Crippen LogP contribution in [0.25, 0.3) is 0 Å². The zero-order chi connectivity index (χ0) is 10.2. The number of carbonyl (C=O) groups excluding carboxylic acids is 1. The molecule has 0 bridgehead atoms. The molecule has 0 aromatic carbocycles. The van der Waals surface area contributed by atoms with Crippen LogP contribution in [-0.4, -0.2) is 36.5 Å². The van der Waals surface area contributed by atoms with E-state index >= 15 is 0 Å². The molecule has 1 amide bonds. The number of amides is 1. The summed E-state index contributed by atoms with van der Waals surface area (Å²) in [5, 5.41) is 3.33. The van der Waals surface area contributed by atoms with Gasteiger partial charge in [0.15, 0.2) is 0 Å². The van der Waals surface area contributed by atoms with Crippen LogP contribution in [0, 0.1) is 5.41 Å². The average Bonchev–Trinajstić information content (AvgIpc) is 2.46. The van der Waals surface area contributed by atoms with E-state index < -0.39 is 0 Å². The zero-order valence-electron chi connectivity index (χ0n) is 9.18. The van der Waals surface area contributed by atoms with Crippen molar-refractivity contribution in [3.63, 3.8) is 0 Å². The number of nitrogens with zero attached hydrogens (tertiary/aromatic N) is 1. The van der Waals surface area contributed by atoms with Crippen LogP contribution < -0.4 is 5.32 Å². The molecule has 3 heteroatoms. The molecule has 0 aromatic rings. The molecule has 80 valence electrons. The molecule has 0 radical (unpaired) electrons. The van der Waals surface area contributed by atoms with Gasteiger partial charge in [0.1, 0.15) is 0 Å². The lowest BCUT2D eigenvalue weighted by molar-refractivity contribution is -0.138. The normalized spacial score (nSPS) is 26.5. The molecule has 1 spiro atoms. The first-order valence-corrected chi connectivity index (χ1v) is 5.67. The minimum Gasteiger partial charge on any atom is -0.340 e. The third kappa shape index (κ3) is 1.44. The quantitative estimate of drug-likeness (QED) is 0.678. The van der Waals surface area contributed by atoms with Gasteiger partial charge in [0, 0.05) is 12.6 Å². The minimum atomic E-state index is 0.00944. The maximum absolute atomic E-state index is 12.2. The van der Waals surface area contributed by atoms with Gasteiger partial charge in [-0.15, -0.1) is 0 Å². The average molecular weight is 196 g/mol. The predicted molar refractivity (Wildman–Crippen MR) is 56.0 cm³/mol. The Hall–Kier alpha value is -0.570. The summed E-state index contributed by atoms with van der Waals surface area (Å²) < 4.78 is 0. The van der Waals surface area contributed by atoms with Crippen molar-refractivity contribution in [3.8, 4) is 0 Å². The molecule has 0 unspecified atom stereocenters. The molecule has 2 rings (SSSR count). The summed E-state index contributed by atoms with van der Waals surface area (Å²) in [5.74, 6) is 0.411. The number of piperidine rings is 1. The third-order valence-electron chi connectivity index (χ3n) is 3.73. The second-order valence-electron chi connectivity index (χ2n) is 4.87. The lowest BCUT2D eigenvalue weighted by Crippen LogP contribution is -2.44. The highest BCUT2D eigenvalue weighted by molar-refractivity contribution is 5.85. The Bertz CT molecular complexity index is 231. The molecular formula is C11H20N2O. The lowest BCUT2D eigenvalue weighted by atomic mass is 9.77. The van der Waals surface area contributed by atoms with Gasteiger partial charge in [-0.3, -0.25) is 4.79 Å². The van der Waals surface area contributed by atoms with Crippen molar-refractivity contribution in [3.05, 3.63) is 0 Å². The van der Waals surface area contributed by atoms with Crippen molar-refractivity contribution in [2.75, 3.05) is 19.6 Å². The van der Waals surface area contributed by atoms with E-state index in [2.05, 4.69) is 19.2 Å². The molecule has 1 N–H and O–H groups in total. The largest absolute Gasteiger partial charge is 0.340 e. The Labute approximate surface area is 85.8 Å². The Balaban J connectivity index is 2.11. The summed E-state index contributed by atoms with van der Waals surface area (Å²) in [6, 6.07) is 0.372. The van der Waals surface area contributed by atoms with Crippen LogP contribution >= 0.6 is 0 Å². The van der Waals surface area contributed by atoms with Crippen molar-refractivity contribution >= 4 is 5.91 Å². The Morgan fingerprint density at radius 3 is 2.43 bits per heavy atom. The van der Waals surface area contributed by atoms with Gasteiger partial charge in [-0.1, -0.05) is 0 Å². The van der Waals surface area contributed by atoms with E-state index in [1.54, 1.807) is 0 Å². The second kappa shape index (κ2) is 3.54. The smallest absolute Gasteiger partial charge is 0.229 e. The molecule has 3 nitrogen and oxygen atoms in total. The highest BCUT2D eigenvalue weighted by Crippen LogP contribution is 2.40. The number of hydrogen-bond donors (Lipinski definition) is 1. The van der Waals surface area contributed by atoms with Crippen LogP contribution in [0.3, 0.4) is 0 Å². The third-order valence-corrected chi connectivity index (χ3v) is 3.73. The van der Waals surface area contributed by atoms with E-state index in [1.807, 2.05) is 4.90 Å². The summed E-state index contributed by atoms with van der Waals surface area (Å²) in [5.41, 5.74) is 0.00944. The molecule has 14 heavy (non-hydrogen) atoms. The zero-order valence-corrected chi connectivity index (χ0v) is 9.18. The molecule has 0 aliphatic carbocycles. The van der Waals surface area contributed by atoms with Gasteiger partial charge in [0.05, 0.1) is 5.41 Å². The molecule has 0 saturated carbocycles. The summed E-state index contributed by atoms with van der Waals surface area (Å²) in [6.45, 7) is 7.21. The monoisotopic (exact) mass is 196 g/mol. The second-order valence-corrected chi connectivity index (χ2v) is 4.87. The lowest BCUT2D eigenvalue weighted by Gasteiger charge is -2.32. The fourth-order valence-electron chi connectivity index (χ4n) is 2.71. The van der Waals surface area contributed by atoms with Crippen LogP contribution in [0.15, 0.2) is 0 Å². The van der Waals surface area contributed by atoms with Crippen molar-refractivity contribution < 1.29 is 4.79 Å². The van der Waals surface area contributed by atoms with Gasteiger partial charge in [-0.2, -0.15) is 0 Å². The maximum Gasteiger partial charge on any atom is 0.229 e. The van der Waals surface area contributed by atoms with Crippen molar-refractivity contribution in [2.24, 2.45) is 5.41 Å². The van der Waals surface area contributed by atoms with Crippen LogP contribution in [0.4, 0.5) is 0 Å². The van der Waals surface area contributed by atoms with E-state index in [0.717, 1.165) is 38.9 Å². The molecule has 0 aromatic heterocycles. The highest BCUT2D eigenvalue weighted by Gasteiger charge is 2.47. The summed E-state index contributed by atoms with van der Waals surface area (Å²) in [7, 11) is 0. The fraction of sp³-hybridized carbons (Fsp3) is 0.909. The van der Waals surface area contributed by atoms with Gasteiger partial charge in [-0.25, -0.2) is 0 Å². The number of nitrogens with one attached hydrogen (secondary N) is 1. The molecule has 0 atom stereocenters. The summed E-state index contributed by atoms with van der Waals surface area (Å²) >= 11 is 0. The van der Waals surface area contributed by atoms with E-state index in [4.69, 9.17) is 0 Å². The Morgan fingerprint density at radius 1 is 1.29 bits per heavy atom. The number of likely N-dealkylation sites (tertiary alicyclic amines) is 1. The molecule has 2 saturated heterocycles. The fourth-order valence-corrected chi connectivity index (χ4v) is 2.71. The molecule has 2 aliphatic heterocycles. The SMILES string of the molecule is CC(C)N1CCC2(CCNCC2)C1=O. The van der Waals surface area contributed by atoms with Crippen LogP contribution in [0.2, 0.25) is 0 Å². The minimum absolute atomic E-state index is 0.00944. The number of rotatable bonds is 1. The van der Waals surface area contributed by atoms with Gasteiger partial charge in [0.2, 0.25) is 5.91 Å². The molecule has 2 fully saturated rings. The van der Waals surface area contributed by atoms with Crippen LogP contribution in [0.1, 0.15) is 33.1 Å². The summed E-state index contributed by atoms with van der Waals surface area (Å²) in [4.78, 5) is 14.3. The van der Waals surface area contributed by atoms with Gasteiger partial charge in [-0.05, 0) is 46.2 Å². The van der Waals surface area contributed by atoms with Gasteiger partial charge >= 0.3 is 0 Å². The summed E-state index contributed by atoms with van der Waals surface area (Å²) in [6.07, 6.45) is 3.15. The first-order valence-electron chi connectivity index (χ1n) is 5.67. The Kier molecular flexibility index (Phi) is 2.52. The van der Waals surface area contributed by atoms with Crippen LogP contribution in [-0.2, 0) is 4.79 Å². The van der Waals surface area contributed by atoms with E-state index in [9.17, 15) is 4.79 Å². The van der Waals surface area contributed by atoms with Crippen molar-refractivity contribution in [2.45, 2.75) is 39.2 Å².